The van der Waals surface area contributed by atoms with Gasteiger partial charge in [0, 0.05) is 24.2 Å². The lowest BCUT2D eigenvalue weighted by Crippen LogP contribution is -2.42. The zero-order chi connectivity index (χ0) is 16.8. The van der Waals surface area contributed by atoms with E-state index in [-0.39, 0.29) is 5.56 Å². The first kappa shape index (κ1) is 15.2. The number of hydrogen-bond acceptors (Lipinski definition) is 5. The van der Waals surface area contributed by atoms with Gasteiger partial charge < -0.3 is 4.90 Å². The van der Waals surface area contributed by atoms with E-state index in [4.69, 9.17) is 4.98 Å². The number of thiazole rings is 1. The van der Waals surface area contributed by atoms with Crippen molar-refractivity contribution >= 4 is 21.6 Å². The van der Waals surface area contributed by atoms with E-state index >= 15 is 0 Å². The molecule has 0 spiro atoms. The summed E-state index contributed by atoms with van der Waals surface area (Å²) in [4.78, 5) is 19.5. The van der Waals surface area contributed by atoms with E-state index in [0.29, 0.717) is 5.92 Å². The van der Waals surface area contributed by atoms with Gasteiger partial charge in [-0.05, 0) is 63.0 Å². The van der Waals surface area contributed by atoms with Crippen molar-refractivity contribution in [2.75, 3.05) is 13.1 Å². The average Bonchev–Trinajstić information content (AvgIpc) is 3.23. The van der Waals surface area contributed by atoms with Crippen LogP contribution >= 0.6 is 11.3 Å². The highest BCUT2D eigenvalue weighted by atomic mass is 32.1. The number of benzene rings is 1. The van der Waals surface area contributed by atoms with Crippen molar-refractivity contribution in [1.82, 2.24) is 19.7 Å². The molecular formula is C19H20N4OS. The average molecular weight is 352 g/mol. The molecule has 0 unspecified atom stereocenters. The second-order valence-corrected chi connectivity index (χ2v) is 8.11. The summed E-state index contributed by atoms with van der Waals surface area (Å²) in [7, 11) is 0. The van der Waals surface area contributed by atoms with Crippen LogP contribution in [0.15, 0.2) is 41.3 Å². The van der Waals surface area contributed by atoms with E-state index in [9.17, 15) is 4.79 Å². The Kier molecular flexibility index (Phi) is 3.68. The summed E-state index contributed by atoms with van der Waals surface area (Å²) in [5.74, 6) is 0.601. The van der Waals surface area contributed by atoms with Crippen LogP contribution in [0.2, 0.25) is 0 Å². The van der Waals surface area contributed by atoms with Crippen LogP contribution in [0, 0.1) is 0 Å². The molecule has 3 heterocycles. The molecule has 0 amide bonds. The van der Waals surface area contributed by atoms with Gasteiger partial charge in [0.2, 0.25) is 0 Å². The minimum absolute atomic E-state index is 0.112. The molecule has 0 atom stereocenters. The maximum absolute atomic E-state index is 12.0. The van der Waals surface area contributed by atoms with Gasteiger partial charge in [0.1, 0.15) is 0 Å². The molecule has 1 aromatic carbocycles. The lowest BCUT2D eigenvalue weighted by Gasteiger charge is -2.40. The maximum atomic E-state index is 12.0. The van der Waals surface area contributed by atoms with Crippen LogP contribution in [-0.2, 0) is 0 Å². The molecule has 3 aromatic rings. The van der Waals surface area contributed by atoms with Crippen LogP contribution in [0.25, 0.3) is 15.9 Å². The smallest absolute Gasteiger partial charge is 0.271 e. The molecular weight excluding hydrogens is 332 g/mol. The molecule has 0 N–H and O–H groups in total. The fourth-order valence-electron chi connectivity index (χ4n) is 3.98. The molecule has 128 valence electrons. The molecule has 1 aliphatic heterocycles. The van der Waals surface area contributed by atoms with Gasteiger partial charge >= 0.3 is 0 Å². The Bertz CT molecular complexity index is 967. The summed E-state index contributed by atoms with van der Waals surface area (Å²) in [6.45, 7) is 2.55. The molecule has 2 aromatic heterocycles. The highest BCUT2D eigenvalue weighted by Crippen LogP contribution is 2.43. The van der Waals surface area contributed by atoms with E-state index in [0.717, 1.165) is 21.9 Å². The van der Waals surface area contributed by atoms with Crippen molar-refractivity contribution < 1.29 is 0 Å². The van der Waals surface area contributed by atoms with Gasteiger partial charge in [-0.2, -0.15) is 9.78 Å². The zero-order valence-corrected chi connectivity index (χ0v) is 14.8. The molecule has 1 saturated carbocycles. The third kappa shape index (κ3) is 2.69. The van der Waals surface area contributed by atoms with Crippen molar-refractivity contribution in [3.8, 4) is 5.69 Å². The fraction of sp³-hybridized carbons (Fsp3) is 0.421. The normalized spacial score (nSPS) is 23.8. The van der Waals surface area contributed by atoms with E-state index in [2.05, 4.69) is 10.00 Å². The molecule has 0 radical (unpaired) electrons. The second kappa shape index (κ2) is 6.04. The molecule has 2 aliphatic rings. The molecule has 0 bridgehead atoms. The summed E-state index contributed by atoms with van der Waals surface area (Å²) in [5, 5.41) is 5.41. The molecule has 5 nitrogen and oxygen atoms in total. The van der Waals surface area contributed by atoms with Gasteiger partial charge in [-0.1, -0.05) is 0 Å². The van der Waals surface area contributed by atoms with E-state index in [1.54, 1.807) is 23.6 Å². The first-order chi connectivity index (χ1) is 12.3. The Labute approximate surface area is 149 Å². The number of fused-ring (bicyclic) bond motifs is 1. The lowest BCUT2D eigenvalue weighted by molar-refractivity contribution is 0.136. The molecule has 25 heavy (non-hydrogen) atoms. The summed E-state index contributed by atoms with van der Waals surface area (Å²) < 4.78 is 2.57. The molecule has 1 aliphatic carbocycles. The number of aromatic nitrogens is 3. The predicted molar refractivity (Wildman–Crippen MR) is 99.6 cm³/mol. The number of likely N-dealkylation sites (tertiary alicyclic amines) is 1. The Morgan fingerprint density at radius 1 is 1.12 bits per heavy atom. The standard InChI is InChI=1S/C19H20N4OS/c24-18-4-3-7-20-23(18)14-5-6-16-17(12-14)25-19(21-16)13-10-15(11-13)22-8-1-2-9-22/h3-7,12-13,15H,1-2,8-11H2/t13-,15-. The molecule has 2 fully saturated rings. The summed E-state index contributed by atoms with van der Waals surface area (Å²) >= 11 is 1.77. The van der Waals surface area contributed by atoms with Crippen molar-refractivity contribution in [3.05, 3.63) is 51.9 Å². The van der Waals surface area contributed by atoms with E-state index in [1.807, 2.05) is 18.2 Å². The van der Waals surface area contributed by atoms with E-state index in [1.165, 1.54) is 54.5 Å². The molecule has 6 heteroatoms. The monoisotopic (exact) mass is 352 g/mol. The molecule has 5 rings (SSSR count). The summed E-state index contributed by atoms with van der Waals surface area (Å²) in [5.41, 5.74) is 1.72. The van der Waals surface area contributed by atoms with Gasteiger partial charge in [-0.15, -0.1) is 11.3 Å². The first-order valence-electron chi connectivity index (χ1n) is 8.97. The van der Waals surface area contributed by atoms with Crippen LogP contribution in [0.1, 0.15) is 36.6 Å². The molecule has 1 saturated heterocycles. The maximum Gasteiger partial charge on any atom is 0.271 e. The zero-order valence-electron chi connectivity index (χ0n) is 14.0. The lowest BCUT2D eigenvalue weighted by atomic mass is 9.80. The number of hydrogen-bond donors (Lipinski definition) is 0. The van der Waals surface area contributed by atoms with Crippen LogP contribution in [0.3, 0.4) is 0 Å². The minimum atomic E-state index is -0.112. The van der Waals surface area contributed by atoms with Crippen molar-refractivity contribution in [3.63, 3.8) is 0 Å². The minimum Gasteiger partial charge on any atom is -0.300 e. The van der Waals surface area contributed by atoms with Crippen LogP contribution < -0.4 is 5.56 Å². The highest BCUT2D eigenvalue weighted by Gasteiger charge is 2.37. The SMILES string of the molecule is O=c1cccnn1-c1ccc2nc([C@H]3C[C@H](N4CCCC4)C3)sc2c1. The second-order valence-electron chi connectivity index (χ2n) is 7.04. The first-order valence-corrected chi connectivity index (χ1v) is 9.79. The number of nitrogens with zero attached hydrogens (tertiary/aromatic N) is 4. The summed E-state index contributed by atoms with van der Waals surface area (Å²) in [6.07, 6.45) is 6.84. The Balaban J connectivity index is 1.39. The third-order valence-corrected chi connectivity index (χ3v) is 6.65. The number of rotatable bonds is 3. The predicted octanol–water partition coefficient (Wildman–Crippen LogP) is 3.18. The highest BCUT2D eigenvalue weighted by molar-refractivity contribution is 7.18. The van der Waals surface area contributed by atoms with Crippen LogP contribution in [0.4, 0.5) is 0 Å². The Morgan fingerprint density at radius 2 is 1.96 bits per heavy atom. The summed E-state index contributed by atoms with van der Waals surface area (Å²) in [6, 6.07) is 9.91. The van der Waals surface area contributed by atoms with Crippen molar-refractivity contribution in [2.24, 2.45) is 0 Å². The van der Waals surface area contributed by atoms with Gasteiger partial charge in [0.15, 0.2) is 0 Å². The quantitative estimate of drug-likeness (QED) is 0.726. The van der Waals surface area contributed by atoms with Gasteiger partial charge in [0.05, 0.1) is 20.9 Å². The topological polar surface area (TPSA) is 51.0 Å². The van der Waals surface area contributed by atoms with Gasteiger partial charge in [0.25, 0.3) is 5.56 Å². The van der Waals surface area contributed by atoms with Crippen LogP contribution in [0.5, 0.6) is 0 Å². The largest absolute Gasteiger partial charge is 0.300 e. The van der Waals surface area contributed by atoms with Crippen molar-refractivity contribution in [2.45, 2.75) is 37.6 Å². The van der Waals surface area contributed by atoms with Crippen molar-refractivity contribution in [1.29, 1.82) is 0 Å². The fourth-order valence-corrected chi connectivity index (χ4v) is 5.11. The Hall–Kier alpha value is -2.05. The van der Waals surface area contributed by atoms with E-state index < -0.39 is 0 Å². The van der Waals surface area contributed by atoms with Gasteiger partial charge in [-0.25, -0.2) is 4.98 Å². The van der Waals surface area contributed by atoms with Crippen LogP contribution in [-0.4, -0.2) is 38.8 Å². The van der Waals surface area contributed by atoms with Gasteiger partial charge in [-0.3, -0.25) is 4.79 Å². The Morgan fingerprint density at radius 3 is 2.76 bits per heavy atom. The third-order valence-electron chi connectivity index (χ3n) is 5.47.